The number of hydrogen-bond donors (Lipinski definition) is 0. The van der Waals surface area contributed by atoms with Crippen molar-refractivity contribution in [1.29, 1.82) is 0 Å². The smallest absolute Gasteiger partial charge is 0.214 e. The highest BCUT2D eigenvalue weighted by molar-refractivity contribution is 7.27. The molecule has 2 unspecified atom stereocenters. The van der Waals surface area contributed by atoms with Crippen LogP contribution >= 0.6 is 9.24 Å². The number of rotatable bonds is 11. The average molecular weight is 555 g/mol. The first-order valence-corrected chi connectivity index (χ1v) is 14.1. The Morgan fingerprint density at radius 2 is 2.05 bits per heavy atom. The Balaban J connectivity index is 1.14. The van der Waals surface area contributed by atoms with E-state index in [-0.39, 0.29) is 6.10 Å². The maximum Gasteiger partial charge on any atom is 0.214 e. The lowest BCUT2D eigenvalue weighted by Crippen LogP contribution is -2.32. The molecule has 1 saturated heterocycles. The van der Waals surface area contributed by atoms with Gasteiger partial charge >= 0.3 is 0 Å². The third kappa shape index (κ3) is 5.67. The van der Waals surface area contributed by atoms with Crippen LogP contribution in [0.25, 0.3) is 22.4 Å². The number of fused-ring (bicyclic) bond motifs is 1. The number of pyridine rings is 2. The Morgan fingerprint density at radius 1 is 1.15 bits per heavy atom. The van der Waals surface area contributed by atoms with E-state index in [1.165, 1.54) is 5.56 Å². The molecular formula is C30H31N6O3P. The largest absolute Gasteiger partial charge is 0.473 e. The second-order valence-corrected chi connectivity index (χ2v) is 10.5. The van der Waals surface area contributed by atoms with Crippen molar-refractivity contribution in [3.05, 3.63) is 83.6 Å². The molecule has 5 heterocycles. The maximum atomic E-state index is 11.3. The number of imidazole rings is 1. The average Bonchev–Trinajstić information content (AvgIpc) is 3.57. The molecule has 10 heteroatoms. The second-order valence-electron chi connectivity index (χ2n) is 9.90. The minimum atomic E-state index is 0.146. The van der Waals surface area contributed by atoms with Gasteiger partial charge in [0.1, 0.15) is 23.6 Å². The number of nitrogens with zero attached hydrogens (tertiary/aromatic N) is 6. The van der Waals surface area contributed by atoms with E-state index >= 15 is 0 Å². The summed E-state index contributed by atoms with van der Waals surface area (Å²) in [5.74, 6) is 1.47. The lowest BCUT2D eigenvalue weighted by atomic mass is 10.1. The molecule has 0 bridgehead atoms. The molecule has 6 rings (SSSR count). The fourth-order valence-corrected chi connectivity index (χ4v) is 5.17. The van der Waals surface area contributed by atoms with E-state index in [9.17, 15) is 4.79 Å². The van der Waals surface area contributed by atoms with E-state index in [0.29, 0.717) is 43.3 Å². The molecule has 0 N–H and O–H groups in total. The molecule has 0 spiro atoms. The number of hydrogen-bond acceptors (Lipinski definition) is 7. The standard InChI is InChI=1S/C30H31N6O3P/c1-2-20-6-7-21(27(40)14-20)19-39-29-5-3-4-25(34-29)22-15-31-35(16-22)12-10-28-33-26-9-8-23(18-37)32-30(26)36(28)17-24-11-13-38-24/h3-9,14-16,18,24H,2,10-13,17,19,40H2,1H3. The molecule has 0 aliphatic carbocycles. The summed E-state index contributed by atoms with van der Waals surface area (Å²) in [6, 6.07) is 15.7. The third-order valence-corrected chi connectivity index (χ3v) is 7.74. The van der Waals surface area contributed by atoms with E-state index in [0.717, 1.165) is 59.2 Å². The van der Waals surface area contributed by atoms with Gasteiger partial charge in [0.05, 0.1) is 24.5 Å². The summed E-state index contributed by atoms with van der Waals surface area (Å²) >= 11 is 0. The summed E-state index contributed by atoms with van der Waals surface area (Å²) in [5, 5.41) is 5.71. The molecule has 1 aromatic carbocycles. The van der Waals surface area contributed by atoms with Gasteiger partial charge in [-0.25, -0.2) is 15.0 Å². The van der Waals surface area contributed by atoms with Crippen LogP contribution in [-0.2, 0) is 37.3 Å². The van der Waals surface area contributed by atoms with Crippen molar-refractivity contribution < 1.29 is 14.3 Å². The van der Waals surface area contributed by atoms with Crippen LogP contribution < -0.4 is 10.0 Å². The Labute approximate surface area is 234 Å². The number of ether oxygens (including phenoxy) is 2. The van der Waals surface area contributed by atoms with Crippen molar-refractivity contribution in [2.45, 2.75) is 52.0 Å². The second kappa shape index (κ2) is 11.7. The Morgan fingerprint density at radius 3 is 2.83 bits per heavy atom. The van der Waals surface area contributed by atoms with Crippen LogP contribution in [-0.4, -0.2) is 48.3 Å². The molecule has 1 aliphatic heterocycles. The summed E-state index contributed by atoms with van der Waals surface area (Å²) in [6.07, 6.45) is 7.39. The molecule has 40 heavy (non-hydrogen) atoms. The van der Waals surface area contributed by atoms with Gasteiger partial charge in [-0.1, -0.05) is 31.2 Å². The van der Waals surface area contributed by atoms with Crippen molar-refractivity contribution in [2.24, 2.45) is 0 Å². The van der Waals surface area contributed by atoms with E-state index in [1.54, 1.807) is 6.07 Å². The Kier molecular flexibility index (Phi) is 7.66. The molecule has 1 fully saturated rings. The van der Waals surface area contributed by atoms with Gasteiger partial charge in [0.25, 0.3) is 0 Å². The van der Waals surface area contributed by atoms with Crippen LogP contribution in [0.4, 0.5) is 0 Å². The van der Waals surface area contributed by atoms with Gasteiger partial charge in [0, 0.05) is 37.4 Å². The van der Waals surface area contributed by atoms with Gasteiger partial charge < -0.3 is 14.0 Å². The normalized spacial score (nSPS) is 14.8. The van der Waals surface area contributed by atoms with Gasteiger partial charge in [-0.2, -0.15) is 5.10 Å². The first kappa shape index (κ1) is 26.3. The fraction of sp³-hybridized carbons (Fsp3) is 0.300. The molecule has 0 amide bonds. The minimum absolute atomic E-state index is 0.146. The molecule has 2 atom stereocenters. The first-order chi connectivity index (χ1) is 19.6. The predicted octanol–water partition coefficient (Wildman–Crippen LogP) is 4.18. The van der Waals surface area contributed by atoms with Crippen LogP contribution in [0.15, 0.2) is 60.9 Å². The van der Waals surface area contributed by atoms with E-state index < -0.39 is 0 Å². The van der Waals surface area contributed by atoms with Gasteiger partial charge in [-0.3, -0.25) is 9.48 Å². The quantitative estimate of drug-likeness (QED) is 0.179. The molecular weight excluding hydrogens is 523 g/mol. The summed E-state index contributed by atoms with van der Waals surface area (Å²) in [4.78, 5) is 25.3. The molecule has 1 aliphatic rings. The molecule has 9 nitrogen and oxygen atoms in total. The topological polar surface area (TPSA) is 97.0 Å². The molecule has 5 aromatic rings. The van der Waals surface area contributed by atoms with Crippen molar-refractivity contribution in [2.75, 3.05) is 6.61 Å². The van der Waals surface area contributed by atoms with Gasteiger partial charge in [-0.05, 0) is 47.5 Å². The van der Waals surface area contributed by atoms with E-state index in [4.69, 9.17) is 19.4 Å². The molecule has 0 saturated carbocycles. The third-order valence-electron chi connectivity index (χ3n) is 7.20. The lowest BCUT2D eigenvalue weighted by molar-refractivity contribution is -0.0590. The van der Waals surface area contributed by atoms with Gasteiger partial charge in [0.2, 0.25) is 5.88 Å². The van der Waals surface area contributed by atoms with Crippen LogP contribution in [0.5, 0.6) is 5.88 Å². The molecule has 204 valence electrons. The Bertz CT molecular complexity index is 1660. The maximum absolute atomic E-state index is 11.3. The molecule has 4 aromatic heterocycles. The number of carbonyl (C=O) groups is 1. The summed E-state index contributed by atoms with van der Waals surface area (Å²) < 4.78 is 15.7. The van der Waals surface area contributed by atoms with Gasteiger partial charge in [-0.15, -0.1) is 9.24 Å². The number of benzene rings is 1. The summed E-state index contributed by atoms with van der Waals surface area (Å²) in [5.41, 5.74) is 6.03. The number of carbonyl (C=O) groups excluding carboxylic acids is 1. The van der Waals surface area contributed by atoms with Crippen LogP contribution in [0.3, 0.4) is 0 Å². The van der Waals surface area contributed by atoms with Crippen LogP contribution in [0, 0.1) is 0 Å². The van der Waals surface area contributed by atoms with E-state index in [1.807, 2.05) is 41.3 Å². The lowest BCUT2D eigenvalue weighted by Gasteiger charge is -2.27. The number of aldehydes is 1. The zero-order valence-electron chi connectivity index (χ0n) is 22.4. The highest BCUT2D eigenvalue weighted by atomic mass is 31.0. The zero-order chi connectivity index (χ0) is 27.5. The fourth-order valence-electron chi connectivity index (χ4n) is 4.78. The van der Waals surface area contributed by atoms with Crippen molar-refractivity contribution >= 4 is 32.0 Å². The first-order valence-electron chi connectivity index (χ1n) is 13.5. The van der Waals surface area contributed by atoms with Crippen molar-refractivity contribution in [1.82, 2.24) is 29.3 Å². The minimum Gasteiger partial charge on any atom is -0.473 e. The van der Waals surface area contributed by atoms with Gasteiger partial charge in [0.15, 0.2) is 11.9 Å². The van der Waals surface area contributed by atoms with Crippen molar-refractivity contribution in [3.63, 3.8) is 0 Å². The number of aryl methyl sites for hydroxylation is 3. The zero-order valence-corrected chi connectivity index (χ0v) is 23.5. The highest BCUT2D eigenvalue weighted by Gasteiger charge is 2.22. The summed E-state index contributed by atoms with van der Waals surface area (Å²) in [7, 11) is 2.80. The SMILES string of the molecule is CCc1ccc(COc2cccc(-c3cnn(CCc4nc5ccc(C=O)nc5n4CC4CCO4)c3)n2)c(P)c1. The molecule has 0 radical (unpaired) electrons. The highest BCUT2D eigenvalue weighted by Crippen LogP contribution is 2.22. The van der Waals surface area contributed by atoms with Crippen molar-refractivity contribution in [3.8, 4) is 17.1 Å². The van der Waals surface area contributed by atoms with E-state index in [2.05, 4.69) is 49.0 Å². The number of aromatic nitrogens is 6. The van der Waals surface area contributed by atoms with Crippen LogP contribution in [0.2, 0.25) is 0 Å². The Hall–Kier alpha value is -3.94. The predicted molar refractivity (Wildman–Crippen MR) is 156 cm³/mol. The van der Waals surface area contributed by atoms with Crippen LogP contribution in [0.1, 0.15) is 40.8 Å². The monoisotopic (exact) mass is 554 g/mol. The summed E-state index contributed by atoms with van der Waals surface area (Å²) in [6.45, 7) is 4.69.